The molecule has 1 saturated carbocycles. The summed E-state index contributed by atoms with van der Waals surface area (Å²) in [6.45, 7) is 16.4. The smallest absolute Gasteiger partial charge is 0.147 e. The first-order valence-corrected chi connectivity index (χ1v) is 9.32. The molecule has 0 N–H and O–H groups in total. The Morgan fingerprint density at radius 2 is 1.58 bits per heavy atom. The molecule has 2 nitrogen and oxygen atoms in total. The van der Waals surface area contributed by atoms with E-state index < -0.39 is 5.92 Å². The zero-order chi connectivity index (χ0) is 18.7. The lowest BCUT2D eigenvalue weighted by Gasteiger charge is -2.46. The van der Waals surface area contributed by atoms with Crippen LogP contribution >= 0.6 is 0 Å². The van der Waals surface area contributed by atoms with Crippen LogP contribution in [-0.4, -0.2) is 11.6 Å². The van der Waals surface area contributed by atoms with Crippen molar-refractivity contribution in [2.24, 2.45) is 29.1 Å². The molecule has 0 heterocycles. The summed E-state index contributed by atoms with van der Waals surface area (Å²) in [6, 6.07) is 0. The van der Waals surface area contributed by atoms with E-state index in [0.29, 0.717) is 5.92 Å². The number of rotatable bonds is 6. The number of Topliss-reactive ketones (excluding diaryl/α,β-unsaturated/α-hetero) is 2. The van der Waals surface area contributed by atoms with Gasteiger partial charge in [-0.05, 0) is 58.3 Å². The van der Waals surface area contributed by atoms with Crippen molar-refractivity contribution >= 4 is 11.6 Å². The zero-order valence-electron chi connectivity index (χ0n) is 16.9. The highest BCUT2D eigenvalue weighted by Crippen LogP contribution is 2.49. The fraction of sp³-hybridized carbons (Fsp3) is 0.727. The van der Waals surface area contributed by atoms with E-state index in [1.807, 2.05) is 13.8 Å². The number of carbonyl (C=O) groups excluding carboxylic acids is 2. The minimum atomic E-state index is -0.461. The third-order valence-electron chi connectivity index (χ3n) is 5.53. The van der Waals surface area contributed by atoms with Gasteiger partial charge in [-0.3, -0.25) is 9.59 Å². The van der Waals surface area contributed by atoms with Crippen molar-refractivity contribution < 1.29 is 9.59 Å². The van der Waals surface area contributed by atoms with Crippen LogP contribution in [0.15, 0.2) is 23.3 Å². The van der Waals surface area contributed by atoms with Gasteiger partial charge in [0.25, 0.3) is 0 Å². The van der Waals surface area contributed by atoms with E-state index in [1.54, 1.807) is 0 Å². The maximum atomic E-state index is 13.1. The third-order valence-corrected chi connectivity index (χ3v) is 5.53. The quantitative estimate of drug-likeness (QED) is 0.457. The first-order chi connectivity index (χ1) is 11.0. The molecule has 1 aliphatic rings. The van der Waals surface area contributed by atoms with Gasteiger partial charge in [-0.1, -0.05) is 51.0 Å². The maximum Gasteiger partial charge on any atom is 0.147 e. The minimum Gasteiger partial charge on any atom is -0.299 e. The Bertz CT molecular complexity index is 526. The van der Waals surface area contributed by atoms with E-state index >= 15 is 0 Å². The predicted octanol–water partition coefficient (Wildman–Crippen LogP) is 5.77. The topological polar surface area (TPSA) is 34.1 Å². The summed E-state index contributed by atoms with van der Waals surface area (Å²) < 4.78 is 0. The Morgan fingerprint density at radius 3 is 2.04 bits per heavy atom. The van der Waals surface area contributed by atoms with Gasteiger partial charge >= 0.3 is 0 Å². The Hall–Kier alpha value is -1.18. The fourth-order valence-electron chi connectivity index (χ4n) is 3.81. The van der Waals surface area contributed by atoms with Crippen molar-refractivity contribution in [3.8, 4) is 0 Å². The molecule has 0 aromatic heterocycles. The lowest BCUT2D eigenvalue weighted by molar-refractivity contribution is -0.149. The Labute approximate surface area is 148 Å². The molecule has 1 fully saturated rings. The van der Waals surface area contributed by atoms with Gasteiger partial charge in [0.2, 0.25) is 0 Å². The van der Waals surface area contributed by atoms with Crippen LogP contribution in [0.1, 0.15) is 74.7 Å². The van der Waals surface area contributed by atoms with E-state index in [1.165, 1.54) is 11.1 Å². The van der Waals surface area contributed by atoms with Crippen LogP contribution in [0.2, 0.25) is 0 Å². The van der Waals surface area contributed by atoms with Gasteiger partial charge in [-0.2, -0.15) is 0 Å². The molecule has 0 radical (unpaired) electrons. The van der Waals surface area contributed by atoms with E-state index in [2.05, 4.69) is 53.7 Å². The van der Waals surface area contributed by atoms with Crippen LogP contribution in [0.3, 0.4) is 0 Å². The summed E-state index contributed by atoms with van der Waals surface area (Å²) in [5, 5.41) is 0. The molecule has 2 heteroatoms. The normalized spacial score (nSPS) is 26.2. The first-order valence-electron chi connectivity index (χ1n) is 9.32. The van der Waals surface area contributed by atoms with E-state index in [9.17, 15) is 9.59 Å². The van der Waals surface area contributed by atoms with Crippen LogP contribution in [-0.2, 0) is 9.59 Å². The van der Waals surface area contributed by atoms with Crippen molar-refractivity contribution in [3.63, 3.8) is 0 Å². The van der Waals surface area contributed by atoms with Crippen molar-refractivity contribution in [2.75, 3.05) is 0 Å². The van der Waals surface area contributed by atoms with Gasteiger partial charge in [0.1, 0.15) is 11.6 Å². The maximum absolute atomic E-state index is 13.1. The average molecular weight is 333 g/mol. The Morgan fingerprint density at radius 1 is 1.08 bits per heavy atom. The third kappa shape index (κ3) is 4.91. The number of hydrogen-bond acceptors (Lipinski definition) is 2. The molecule has 0 amide bonds. The van der Waals surface area contributed by atoms with Gasteiger partial charge in [-0.25, -0.2) is 0 Å². The van der Waals surface area contributed by atoms with Gasteiger partial charge in [0.05, 0.1) is 5.92 Å². The van der Waals surface area contributed by atoms with Crippen molar-refractivity contribution in [1.82, 2.24) is 0 Å². The van der Waals surface area contributed by atoms with Crippen LogP contribution < -0.4 is 0 Å². The number of hydrogen-bond donors (Lipinski definition) is 0. The van der Waals surface area contributed by atoms with E-state index in [4.69, 9.17) is 0 Å². The second kappa shape index (κ2) is 8.27. The number of carbonyl (C=O) groups is 2. The fourth-order valence-corrected chi connectivity index (χ4v) is 3.81. The SMILES string of the molecule is CC(C)=CC[C@H]1C[C@@H](CC=C(C)C)C(C)(C)[C@@H](C(=O)C(C)C)C1=O. The van der Waals surface area contributed by atoms with Crippen molar-refractivity contribution in [1.29, 1.82) is 0 Å². The van der Waals surface area contributed by atoms with Crippen LogP contribution in [0.5, 0.6) is 0 Å². The van der Waals surface area contributed by atoms with Gasteiger partial charge in [-0.15, -0.1) is 0 Å². The second-order valence-corrected chi connectivity index (χ2v) is 8.88. The van der Waals surface area contributed by atoms with Crippen LogP contribution in [0.25, 0.3) is 0 Å². The molecule has 0 bridgehead atoms. The molecule has 3 atom stereocenters. The van der Waals surface area contributed by atoms with E-state index in [0.717, 1.165) is 19.3 Å². The lowest BCUT2D eigenvalue weighted by Crippen LogP contribution is -2.50. The predicted molar refractivity (Wildman–Crippen MR) is 102 cm³/mol. The van der Waals surface area contributed by atoms with Crippen molar-refractivity contribution in [3.05, 3.63) is 23.3 Å². The average Bonchev–Trinajstić information content (AvgIpc) is 2.44. The van der Waals surface area contributed by atoms with Gasteiger partial charge in [0.15, 0.2) is 0 Å². The summed E-state index contributed by atoms with van der Waals surface area (Å²) in [7, 11) is 0. The molecule has 24 heavy (non-hydrogen) atoms. The zero-order valence-corrected chi connectivity index (χ0v) is 16.9. The molecule has 0 spiro atoms. The van der Waals surface area contributed by atoms with E-state index in [-0.39, 0.29) is 28.8 Å². The molecular weight excluding hydrogens is 296 g/mol. The molecule has 0 unspecified atom stereocenters. The highest BCUT2D eigenvalue weighted by atomic mass is 16.2. The summed E-state index contributed by atoms with van der Waals surface area (Å²) in [5.41, 5.74) is 2.27. The molecule has 136 valence electrons. The first kappa shape index (κ1) is 20.9. The summed E-state index contributed by atoms with van der Waals surface area (Å²) in [5.74, 6) is 0.0882. The standard InChI is InChI=1S/C22H36O2/c1-14(2)9-11-17-13-18(12-10-15(3)4)22(7,8)19(21(17)24)20(23)16(5)6/h9-10,16-19H,11-13H2,1-8H3/t17-,18+,19-/m0/s1. The van der Waals surface area contributed by atoms with Crippen LogP contribution in [0, 0.1) is 29.1 Å². The molecule has 0 aromatic rings. The Kier molecular flexibility index (Phi) is 7.19. The van der Waals surface area contributed by atoms with Crippen molar-refractivity contribution in [2.45, 2.75) is 74.7 Å². The largest absolute Gasteiger partial charge is 0.299 e. The molecule has 0 aliphatic heterocycles. The minimum absolute atomic E-state index is 0.0174. The molecular formula is C22H36O2. The summed E-state index contributed by atoms with van der Waals surface area (Å²) in [6.07, 6.45) is 7.02. The highest BCUT2D eigenvalue weighted by molar-refractivity contribution is 6.05. The second-order valence-electron chi connectivity index (χ2n) is 8.88. The lowest BCUT2D eigenvalue weighted by atomic mass is 9.55. The molecule has 0 saturated heterocycles. The number of allylic oxidation sites excluding steroid dienone is 4. The molecule has 0 aromatic carbocycles. The van der Waals surface area contributed by atoms with Gasteiger partial charge < -0.3 is 0 Å². The summed E-state index contributed by atoms with van der Waals surface area (Å²) in [4.78, 5) is 26.0. The van der Waals surface area contributed by atoms with Gasteiger partial charge in [0, 0.05) is 11.8 Å². The molecule has 1 aliphatic carbocycles. The molecule has 1 rings (SSSR count). The van der Waals surface area contributed by atoms with Crippen LogP contribution in [0.4, 0.5) is 0 Å². The highest BCUT2D eigenvalue weighted by Gasteiger charge is 2.51. The number of ketones is 2. The summed E-state index contributed by atoms with van der Waals surface area (Å²) >= 11 is 0. The Balaban J connectivity index is 3.21. The monoisotopic (exact) mass is 332 g/mol.